The maximum atomic E-state index is 5.62. The average molecular weight is 278 g/mol. The number of aryl methyl sites for hydroxylation is 1. The monoisotopic (exact) mass is 278 g/mol. The van der Waals surface area contributed by atoms with E-state index in [1.807, 2.05) is 7.05 Å². The second-order valence-electron chi connectivity index (χ2n) is 4.79. The Morgan fingerprint density at radius 2 is 2.45 bits per heavy atom. The number of nitrogens with two attached hydrogens (primary N) is 1. The van der Waals surface area contributed by atoms with Gasteiger partial charge >= 0.3 is 0 Å². The molecular weight excluding hydrogens is 260 g/mol. The van der Waals surface area contributed by atoms with Gasteiger partial charge in [0.25, 0.3) is 0 Å². The highest BCUT2D eigenvalue weighted by molar-refractivity contribution is 5.86. The number of anilines is 1. The molecule has 1 saturated heterocycles. The highest BCUT2D eigenvalue weighted by Crippen LogP contribution is 2.19. The largest absolute Gasteiger partial charge is 0.376 e. The quantitative estimate of drug-likeness (QED) is 0.601. The molecule has 3 rings (SSSR count). The zero-order valence-electron chi connectivity index (χ0n) is 11.4. The molecule has 1 unspecified atom stereocenters. The predicted molar refractivity (Wildman–Crippen MR) is 72.7 cm³/mol. The van der Waals surface area contributed by atoms with Crippen LogP contribution in [-0.4, -0.2) is 39.1 Å². The molecule has 1 fully saturated rings. The Labute approximate surface area is 116 Å². The Bertz CT molecular complexity index is 593. The lowest BCUT2D eigenvalue weighted by atomic mass is 10.2. The molecule has 2 aromatic rings. The predicted octanol–water partition coefficient (Wildman–Crippen LogP) is 0.344. The van der Waals surface area contributed by atoms with Crippen molar-refractivity contribution in [3.05, 3.63) is 12.0 Å². The molecule has 3 heterocycles. The molecular formula is C12H18N6O2. The van der Waals surface area contributed by atoms with Crippen LogP contribution in [0.4, 0.5) is 5.82 Å². The normalized spacial score (nSPS) is 18.8. The molecule has 0 aliphatic carbocycles. The molecule has 0 radical (unpaired) electrons. The maximum absolute atomic E-state index is 5.62. The van der Waals surface area contributed by atoms with Crippen molar-refractivity contribution in [3.63, 3.8) is 0 Å². The van der Waals surface area contributed by atoms with Gasteiger partial charge in [0.05, 0.1) is 24.3 Å². The first-order valence-corrected chi connectivity index (χ1v) is 6.62. The van der Waals surface area contributed by atoms with E-state index in [0.29, 0.717) is 24.9 Å². The minimum absolute atomic E-state index is 0.197. The third-order valence-electron chi connectivity index (χ3n) is 3.33. The first kappa shape index (κ1) is 13.2. The second kappa shape index (κ2) is 5.70. The van der Waals surface area contributed by atoms with Gasteiger partial charge in [0.15, 0.2) is 17.3 Å². The van der Waals surface area contributed by atoms with Crippen molar-refractivity contribution in [2.75, 3.05) is 18.6 Å². The molecule has 0 saturated carbocycles. The van der Waals surface area contributed by atoms with Gasteiger partial charge in [-0.05, 0) is 12.8 Å². The van der Waals surface area contributed by atoms with Gasteiger partial charge in [-0.2, -0.15) is 5.10 Å². The number of nitrogens with one attached hydrogen (secondary N) is 1. The van der Waals surface area contributed by atoms with Crippen molar-refractivity contribution in [3.8, 4) is 0 Å². The molecule has 1 atom stereocenters. The standard InChI is InChI=1S/C12H18N6O2/c1-18-12-9(5-14-18)11(17-13)15-10(16-12)7-19-6-8-3-2-4-20-8/h5,8H,2-4,6-7,13H2,1H3,(H,15,16,17). The Kier molecular flexibility index (Phi) is 3.77. The molecule has 0 spiro atoms. The fourth-order valence-corrected chi connectivity index (χ4v) is 2.30. The SMILES string of the molecule is Cn1ncc2c(NN)nc(COCC3CCCO3)nc21. The Morgan fingerprint density at radius 1 is 1.55 bits per heavy atom. The smallest absolute Gasteiger partial charge is 0.163 e. The van der Waals surface area contributed by atoms with E-state index in [4.69, 9.17) is 15.3 Å². The van der Waals surface area contributed by atoms with Crippen LogP contribution >= 0.6 is 0 Å². The van der Waals surface area contributed by atoms with Crippen LogP contribution < -0.4 is 11.3 Å². The number of fused-ring (bicyclic) bond motifs is 1. The van der Waals surface area contributed by atoms with Gasteiger partial charge in [-0.25, -0.2) is 15.8 Å². The number of hydrogen-bond acceptors (Lipinski definition) is 7. The fourth-order valence-electron chi connectivity index (χ4n) is 2.30. The summed E-state index contributed by atoms with van der Waals surface area (Å²) in [5.74, 6) is 6.61. The van der Waals surface area contributed by atoms with Crippen molar-refractivity contribution in [1.29, 1.82) is 0 Å². The summed E-state index contributed by atoms with van der Waals surface area (Å²) in [6.07, 6.45) is 4.04. The van der Waals surface area contributed by atoms with Gasteiger partial charge < -0.3 is 14.9 Å². The minimum atomic E-state index is 0.197. The molecule has 1 aliphatic rings. The highest BCUT2D eigenvalue weighted by atomic mass is 16.5. The Morgan fingerprint density at radius 3 is 3.20 bits per heavy atom. The van der Waals surface area contributed by atoms with E-state index in [0.717, 1.165) is 30.5 Å². The molecule has 3 N–H and O–H groups in total. The zero-order valence-corrected chi connectivity index (χ0v) is 11.4. The first-order chi connectivity index (χ1) is 9.78. The summed E-state index contributed by atoms with van der Waals surface area (Å²) in [5, 5.41) is 4.94. The molecule has 1 aliphatic heterocycles. The number of aromatic nitrogens is 4. The molecule has 0 aromatic carbocycles. The van der Waals surface area contributed by atoms with Crippen LogP contribution in [0, 0.1) is 0 Å². The van der Waals surface area contributed by atoms with E-state index >= 15 is 0 Å². The number of nitrogens with zero attached hydrogens (tertiary/aromatic N) is 4. The van der Waals surface area contributed by atoms with Gasteiger partial charge in [-0.1, -0.05) is 0 Å². The molecule has 8 nitrogen and oxygen atoms in total. The number of ether oxygens (including phenoxy) is 2. The summed E-state index contributed by atoms with van der Waals surface area (Å²) in [6.45, 7) is 1.72. The third-order valence-corrected chi connectivity index (χ3v) is 3.33. The summed E-state index contributed by atoms with van der Waals surface area (Å²) in [6, 6.07) is 0. The van der Waals surface area contributed by atoms with Crippen molar-refractivity contribution in [2.45, 2.75) is 25.6 Å². The van der Waals surface area contributed by atoms with Crippen LogP contribution in [0.5, 0.6) is 0 Å². The van der Waals surface area contributed by atoms with Crippen molar-refractivity contribution >= 4 is 16.9 Å². The second-order valence-corrected chi connectivity index (χ2v) is 4.79. The average Bonchev–Trinajstić information content (AvgIpc) is 3.09. The number of nitrogen functional groups attached to an aromatic ring is 1. The Hall–Kier alpha value is -1.77. The molecule has 108 valence electrons. The third kappa shape index (κ3) is 2.58. The van der Waals surface area contributed by atoms with E-state index < -0.39 is 0 Å². The van der Waals surface area contributed by atoms with Crippen LogP contribution in [0.25, 0.3) is 11.0 Å². The maximum Gasteiger partial charge on any atom is 0.163 e. The van der Waals surface area contributed by atoms with E-state index in [9.17, 15) is 0 Å². The lowest BCUT2D eigenvalue weighted by Gasteiger charge is -2.10. The topological polar surface area (TPSA) is 100 Å². The van der Waals surface area contributed by atoms with E-state index in [1.54, 1.807) is 10.9 Å². The lowest BCUT2D eigenvalue weighted by Crippen LogP contribution is -2.16. The van der Waals surface area contributed by atoms with Crippen LogP contribution in [0.3, 0.4) is 0 Å². The van der Waals surface area contributed by atoms with Crippen molar-refractivity contribution < 1.29 is 9.47 Å². The molecule has 2 aromatic heterocycles. The van der Waals surface area contributed by atoms with Gasteiger partial charge in [-0.3, -0.25) is 4.68 Å². The number of rotatable bonds is 5. The van der Waals surface area contributed by atoms with Crippen molar-refractivity contribution in [1.82, 2.24) is 19.7 Å². The fraction of sp³-hybridized carbons (Fsp3) is 0.583. The van der Waals surface area contributed by atoms with Crippen LogP contribution in [0.2, 0.25) is 0 Å². The highest BCUT2D eigenvalue weighted by Gasteiger charge is 2.16. The lowest BCUT2D eigenvalue weighted by molar-refractivity contribution is 0.00872. The van der Waals surface area contributed by atoms with Gasteiger partial charge in [0.2, 0.25) is 0 Å². The summed E-state index contributed by atoms with van der Waals surface area (Å²) in [5.41, 5.74) is 3.30. The van der Waals surface area contributed by atoms with Gasteiger partial charge in [-0.15, -0.1) is 0 Å². The summed E-state index contributed by atoms with van der Waals surface area (Å²) in [4.78, 5) is 8.77. The molecule has 0 bridgehead atoms. The van der Waals surface area contributed by atoms with Crippen molar-refractivity contribution in [2.24, 2.45) is 12.9 Å². The van der Waals surface area contributed by atoms with Crippen LogP contribution in [0.1, 0.15) is 18.7 Å². The Balaban J connectivity index is 1.72. The summed E-state index contributed by atoms with van der Waals surface area (Å²) in [7, 11) is 1.83. The summed E-state index contributed by atoms with van der Waals surface area (Å²) < 4.78 is 12.8. The molecule has 0 amide bonds. The van der Waals surface area contributed by atoms with E-state index in [-0.39, 0.29) is 6.10 Å². The van der Waals surface area contributed by atoms with Crippen LogP contribution in [0.15, 0.2) is 6.20 Å². The minimum Gasteiger partial charge on any atom is -0.376 e. The van der Waals surface area contributed by atoms with Crippen LogP contribution in [-0.2, 0) is 23.1 Å². The number of hydrazine groups is 1. The molecule has 20 heavy (non-hydrogen) atoms. The van der Waals surface area contributed by atoms with E-state index in [2.05, 4.69) is 20.5 Å². The summed E-state index contributed by atoms with van der Waals surface area (Å²) >= 11 is 0. The molecule has 8 heteroatoms. The van der Waals surface area contributed by atoms with Gasteiger partial charge in [0.1, 0.15) is 6.61 Å². The van der Waals surface area contributed by atoms with E-state index in [1.165, 1.54) is 0 Å². The first-order valence-electron chi connectivity index (χ1n) is 6.62. The number of hydrogen-bond donors (Lipinski definition) is 2. The zero-order chi connectivity index (χ0) is 13.9. The van der Waals surface area contributed by atoms with Gasteiger partial charge in [0, 0.05) is 13.7 Å².